The number of nitrogens with zero attached hydrogens (tertiary/aromatic N) is 4. The summed E-state index contributed by atoms with van der Waals surface area (Å²) in [4.78, 5) is 25.4. The summed E-state index contributed by atoms with van der Waals surface area (Å²) in [5.74, 6) is 1.65. The Labute approximate surface area is 176 Å². The Bertz CT molecular complexity index is 997. The van der Waals surface area contributed by atoms with Crippen LogP contribution in [-0.4, -0.2) is 54.2 Å². The number of hydrogen-bond donors (Lipinski definition) is 1. The van der Waals surface area contributed by atoms with Crippen LogP contribution in [-0.2, 0) is 0 Å². The molecule has 0 spiro atoms. The minimum atomic E-state index is -0.0946. The van der Waals surface area contributed by atoms with E-state index in [2.05, 4.69) is 51.4 Å². The molecule has 2 amide bonds. The first-order valence-electron chi connectivity index (χ1n) is 9.96. The molecule has 1 aromatic heterocycles. The van der Waals surface area contributed by atoms with Gasteiger partial charge in [-0.2, -0.15) is 0 Å². The number of rotatable bonds is 4. The topological polar surface area (TPSA) is 70.6 Å². The van der Waals surface area contributed by atoms with Crippen LogP contribution in [0.25, 0.3) is 11.3 Å². The fraction of sp³-hybridized carbons (Fsp3) is 0.261. The van der Waals surface area contributed by atoms with E-state index < -0.39 is 0 Å². The second-order valence-electron chi connectivity index (χ2n) is 7.26. The van der Waals surface area contributed by atoms with E-state index in [4.69, 9.17) is 4.74 Å². The van der Waals surface area contributed by atoms with Crippen molar-refractivity contribution < 1.29 is 9.53 Å². The van der Waals surface area contributed by atoms with Crippen LogP contribution in [0.2, 0.25) is 0 Å². The Morgan fingerprint density at radius 1 is 0.967 bits per heavy atom. The van der Waals surface area contributed by atoms with Crippen molar-refractivity contribution in [3.05, 3.63) is 66.5 Å². The standard InChI is InChI=1S/C23H25N5O2/c1-17-3-5-18(6-4-17)21-15-22(25-16-24-21)27-11-13-28(14-12-27)23(29)26-19-7-9-20(30-2)10-8-19/h3-10,15-16H,11-14H2,1-2H3,(H,26,29). The van der Waals surface area contributed by atoms with Gasteiger partial charge in [-0.1, -0.05) is 29.8 Å². The number of piperazine rings is 1. The van der Waals surface area contributed by atoms with Crippen molar-refractivity contribution in [1.29, 1.82) is 0 Å². The molecule has 2 aromatic carbocycles. The van der Waals surface area contributed by atoms with E-state index in [-0.39, 0.29) is 6.03 Å². The lowest BCUT2D eigenvalue weighted by molar-refractivity contribution is 0.208. The van der Waals surface area contributed by atoms with Gasteiger partial charge in [-0.3, -0.25) is 0 Å². The van der Waals surface area contributed by atoms with Crippen LogP contribution in [0, 0.1) is 6.92 Å². The molecule has 154 valence electrons. The first kappa shape index (κ1) is 19.7. The highest BCUT2D eigenvalue weighted by atomic mass is 16.5. The van der Waals surface area contributed by atoms with Gasteiger partial charge in [0.1, 0.15) is 17.9 Å². The van der Waals surface area contributed by atoms with Gasteiger partial charge in [0.25, 0.3) is 0 Å². The summed E-state index contributed by atoms with van der Waals surface area (Å²) >= 11 is 0. The first-order valence-corrected chi connectivity index (χ1v) is 9.96. The SMILES string of the molecule is COc1ccc(NC(=O)N2CCN(c3cc(-c4ccc(C)cc4)ncn3)CC2)cc1. The lowest BCUT2D eigenvalue weighted by Crippen LogP contribution is -2.50. The predicted molar refractivity (Wildman–Crippen MR) is 118 cm³/mol. The van der Waals surface area contributed by atoms with Crippen molar-refractivity contribution in [3.8, 4) is 17.0 Å². The zero-order valence-electron chi connectivity index (χ0n) is 17.2. The van der Waals surface area contributed by atoms with Gasteiger partial charge in [-0.25, -0.2) is 14.8 Å². The molecule has 30 heavy (non-hydrogen) atoms. The molecule has 1 aliphatic heterocycles. The Morgan fingerprint density at radius 2 is 1.67 bits per heavy atom. The van der Waals surface area contributed by atoms with Crippen LogP contribution >= 0.6 is 0 Å². The van der Waals surface area contributed by atoms with E-state index in [1.807, 2.05) is 35.2 Å². The molecule has 0 unspecified atom stereocenters. The van der Waals surface area contributed by atoms with Crippen molar-refractivity contribution in [1.82, 2.24) is 14.9 Å². The Hall–Kier alpha value is -3.61. The number of aryl methyl sites for hydroxylation is 1. The summed E-state index contributed by atoms with van der Waals surface area (Å²) < 4.78 is 5.15. The predicted octanol–water partition coefficient (Wildman–Crippen LogP) is 3.81. The number of carbonyl (C=O) groups excluding carboxylic acids is 1. The number of methoxy groups -OCH3 is 1. The fourth-order valence-corrected chi connectivity index (χ4v) is 3.42. The van der Waals surface area contributed by atoms with E-state index in [1.165, 1.54) is 5.56 Å². The van der Waals surface area contributed by atoms with Crippen LogP contribution in [0.5, 0.6) is 5.75 Å². The third-order valence-electron chi connectivity index (χ3n) is 5.23. The summed E-state index contributed by atoms with van der Waals surface area (Å²) in [5, 5.41) is 2.94. The third kappa shape index (κ3) is 4.51. The lowest BCUT2D eigenvalue weighted by atomic mass is 10.1. The summed E-state index contributed by atoms with van der Waals surface area (Å²) in [5.41, 5.74) is 3.94. The third-order valence-corrected chi connectivity index (χ3v) is 5.23. The Kier molecular flexibility index (Phi) is 5.79. The molecule has 1 aliphatic rings. The summed E-state index contributed by atoms with van der Waals surface area (Å²) in [6.07, 6.45) is 1.60. The van der Waals surface area contributed by atoms with E-state index in [0.717, 1.165) is 41.6 Å². The number of ether oxygens (including phenoxy) is 1. The van der Waals surface area contributed by atoms with Crippen LogP contribution in [0.15, 0.2) is 60.9 Å². The smallest absolute Gasteiger partial charge is 0.321 e. The molecule has 0 saturated carbocycles. The van der Waals surface area contributed by atoms with Gasteiger partial charge in [0.05, 0.1) is 12.8 Å². The minimum absolute atomic E-state index is 0.0946. The van der Waals surface area contributed by atoms with Gasteiger partial charge in [0.2, 0.25) is 0 Å². The molecule has 7 nitrogen and oxygen atoms in total. The average Bonchev–Trinajstić information content (AvgIpc) is 2.80. The van der Waals surface area contributed by atoms with E-state index in [9.17, 15) is 4.79 Å². The van der Waals surface area contributed by atoms with E-state index >= 15 is 0 Å². The zero-order valence-corrected chi connectivity index (χ0v) is 17.2. The average molecular weight is 403 g/mol. The molecule has 1 N–H and O–H groups in total. The maximum absolute atomic E-state index is 12.6. The van der Waals surface area contributed by atoms with Gasteiger partial charge in [-0.15, -0.1) is 0 Å². The maximum atomic E-state index is 12.6. The number of urea groups is 1. The summed E-state index contributed by atoms with van der Waals surface area (Å²) in [7, 11) is 1.62. The van der Waals surface area contributed by atoms with Crippen LogP contribution in [0.3, 0.4) is 0 Å². The normalized spacial score (nSPS) is 13.8. The van der Waals surface area contributed by atoms with Crippen molar-refractivity contribution in [2.75, 3.05) is 43.5 Å². The number of carbonyl (C=O) groups is 1. The summed E-state index contributed by atoms with van der Waals surface area (Å²) in [6, 6.07) is 17.5. The van der Waals surface area contributed by atoms with Gasteiger partial charge >= 0.3 is 6.03 Å². The molecule has 1 fully saturated rings. The Balaban J connectivity index is 1.36. The van der Waals surface area contributed by atoms with Crippen LogP contribution < -0.4 is 15.0 Å². The molecule has 2 heterocycles. The molecule has 4 rings (SSSR count). The number of anilines is 2. The van der Waals surface area contributed by atoms with Crippen LogP contribution in [0.1, 0.15) is 5.56 Å². The number of aromatic nitrogens is 2. The molecule has 0 atom stereocenters. The second-order valence-corrected chi connectivity index (χ2v) is 7.26. The second kappa shape index (κ2) is 8.82. The van der Waals surface area contributed by atoms with Gasteiger partial charge < -0.3 is 19.9 Å². The molecule has 0 radical (unpaired) electrons. The van der Waals surface area contributed by atoms with Gasteiger partial charge in [0.15, 0.2) is 0 Å². The van der Waals surface area contributed by atoms with Crippen molar-refractivity contribution in [3.63, 3.8) is 0 Å². The lowest BCUT2D eigenvalue weighted by Gasteiger charge is -2.35. The highest BCUT2D eigenvalue weighted by molar-refractivity contribution is 5.89. The van der Waals surface area contributed by atoms with Crippen LogP contribution in [0.4, 0.5) is 16.3 Å². The molecular formula is C23H25N5O2. The molecule has 3 aromatic rings. The van der Waals surface area contributed by atoms with Gasteiger partial charge in [-0.05, 0) is 31.2 Å². The molecule has 1 saturated heterocycles. The molecule has 0 bridgehead atoms. The monoisotopic (exact) mass is 403 g/mol. The highest BCUT2D eigenvalue weighted by Gasteiger charge is 2.22. The first-order chi connectivity index (χ1) is 14.6. The number of nitrogens with one attached hydrogen (secondary N) is 1. The largest absolute Gasteiger partial charge is 0.497 e. The van der Waals surface area contributed by atoms with E-state index in [1.54, 1.807) is 13.4 Å². The van der Waals surface area contributed by atoms with Crippen molar-refractivity contribution in [2.24, 2.45) is 0 Å². The van der Waals surface area contributed by atoms with E-state index in [0.29, 0.717) is 13.1 Å². The number of benzene rings is 2. The zero-order chi connectivity index (χ0) is 20.9. The van der Waals surface area contributed by atoms with Gasteiger partial charge in [0, 0.05) is 43.5 Å². The molecule has 7 heteroatoms. The molecule has 0 aliphatic carbocycles. The number of amides is 2. The Morgan fingerprint density at radius 3 is 2.33 bits per heavy atom. The highest BCUT2D eigenvalue weighted by Crippen LogP contribution is 2.22. The summed E-state index contributed by atoms with van der Waals surface area (Å²) in [6.45, 7) is 4.78. The number of hydrogen-bond acceptors (Lipinski definition) is 5. The maximum Gasteiger partial charge on any atom is 0.321 e. The van der Waals surface area contributed by atoms with Crippen molar-refractivity contribution in [2.45, 2.75) is 6.92 Å². The van der Waals surface area contributed by atoms with Crippen molar-refractivity contribution >= 4 is 17.5 Å². The fourth-order valence-electron chi connectivity index (χ4n) is 3.42. The molecular weight excluding hydrogens is 378 g/mol. The minimum Gasteiger partial charge on any atom is -0.497 e. The quantitative estimate of drug-likeness (QED) is 0.717.